The molecular weight excluding hydrogens is 641 g/mol. The van der Waals surface area contributed by atoms with Crippen LogP contribution in [0, 0.1) is 0 Å². The van der Waals surface area contributed by atoms with E-state index in [1.165, 1.54) is 66.3 Å². The number of fused-ring (bicyclic) bond motifs is 6. The number of benzene rings is 8. The fourth-order valence-corrected chi connectivity index (χ4v) is 8.52. The Morgan fingerprint density at radius 3 is 1.64 bits per heavy atom. The van der Waals surface area contributed by atoms with Gasteiger partial charge in [0, 0.05) is 38.9 Å². The summed E-state index contributed by atoms with van der Waals surface area (Å²) in [6, 6.07) is 70.8. The number of hydrogen-bond acceptors (Lipinski definition) is 1. The molecule has 1 heterocycles. The van der Waals surface area contributed by atoms with Crippen LogP contribution in [-0.4, -0.2) is 4.57 Å². The molecule has 8 aromatic carbocycles. The summed E-state index contributed by atoms with van der Waals surface area (Å²) in [4.78, 5) is 2.38. The molecule has 0 unspecified atom stereocenters. The van der Waals surface area contributed by atoms with Gasteiger partial charge in [-0.3, -0.25) is 0 Å². The maximum Gasteiger partial charge on any atom is 0.0542 e. The highest BCUT2D eigenvalue weighted by molar-refractivity contribution is 6.10. The second kappa shape index (κ2) is 12.3. The lowest BCUT2D eigenvalue weighted by molar-refractivity contribution is 0.660. The van der Waals surface area contributed by atoms with Crippen molar-refractivity contribution in [3.63, 3.8) is 0 Å². The van der Waals surface area contributed by atoms with E-state index in [4.69, 9.17) is 0 Å². The van der Waals surface area contributed by atoms with Gasteiger partial charge in [-0.05, 0) is 111 Å². The fourth-order valence-electron chi connectivity index (χ4n) is 8.52. The fraction of sp³-hybridized carbons (Fsp3) is 0.0588. The lowest BCUT2D eigenvalue weighted by Gasteiger charge is -2.26. The minimum atomic E-state index is -0.0349. The molecule has 0 saturated heterocycles. The van der Waals surface area contributed by atoms with Gasteiger partial charge in [-0.15, -0.1) is 0 Å². The number of nitrogens with zero attached hydrogens (tertiary/aromatic N) is 2. The van der Waals surface area contributed by atoms with Crippen LogP contribution in [0.2, 0.25) is 0 Å². The number of para-hydroxylation sites is 2. The molecule has 0 radical (unpaired) electrons. The third kappa shape index (κ3) is 5.10. The van der Waals surface area contributed by atoms with E-state index in [-0.39, 0.29) is 5.41 Å². The molecule has 9 aromatic rings. The summed E-state index contributed by atoms with van der Waals surface area (Å²) in [7, 11) is 0. The van der Waals surface area contributed by atoms with Crippen LogP contribution in [-0.2, 0) is 5.41 Å². The highest BCUT2D eigenvalue weighted by Gasteiger charge is 2.35. The molecule has 1 aromatic heterocycles. The molecule has 10 rings (SSSR count). The van der Waals surface area contributed by atoms with Crippen LogP contribution in [0.1, 0.15) is 25.0 Å². The molecule has 0 aliphatic heterocycles. The molecule has 0 fully saturated rings. The van der Waals surface area contributed by atoms with E-state index in [1.807, 2.05) is 0 Å². The van der Waals surface area contributed by atoms with Crippen molar-refractivity contribution in [1.82, 2.24) is 4.57 Å². The summed E-state index contributed by atoms with van der Waals surface area (Å²) < 4.78 is 2.37. The predicted octanol–water partition coefficient (Wildman–Crippen LogP) is 13.9. The van der Waals surface area contributed by atoms with Crippen molar-refractivity contribution in [2.45, 2.75) is 19.3 Å². The van der Waals surface area contributed by atoms with Crippen LogP contribution in [0.3, 0.4) is 0 Å². The quantitative estimate of drug-likeness (QED) is 0.170. The summed E-state index contributed by atoms with van der Waals surface area (Å²) in [5.41, 5.74) is 17.2. The van der Waals surface area contributed by atoms with Crippen LogP contribution in [0.15, 0.2) is 194 Å². The van der Waals surface area contributed by atoms with Crippen molar-refractivity contribution >= 4 is 38.9 Å². The Labute approximate surface area is 310 Å². The highest BCUT2D eigenvalue weighted by Crippen LogP contribution is 2.49. The molecule has 2 heteroatoms. The molecule has 0 bridgehead atoms. The summed E-state index contributed by atoms with van der Waals surface area (Å²) in [5.74, 6) is 0. The Balaban J connectivity index is 1.09. The zero-order valence-electron chi connectivity index (χ0n) is 29.9. The summed E-state index contributed by atoms with van der Waals surface area (Å²) in [6.07, 6.45) is 0. The Kier molecular flexibility index (Phi) is 7.19. The van der Waals surface area contributed by atoms with Crippen molar-refractivity contribution in [3.8, 4) is 39.1 Å². The largest absolute Gasteiger partial charge is 0.310 e. The molecule has 1 aliphatic rings. The van der Waals surface area contributed by atoms with E-state index in [0.717, 1.165) is 22.7 Å². The van der Waals surface area contributed by atoms with Crippen LogP contribution in [0.5, 0.6) is 0 Å². The van der Waals surface area contributed by atoms with Gasteiger partial charge < -0.3 is 9.47 Å². The Hall–Kier alpha value is -6.64. The van der Waals surface area contributed by atoms with Crippen molar-refractivity contribution < 1.29 is 0 Å². The molecule has 0 saturated carbocycles. The number of hydrogen-bond donors (Lipinski definition) is 0. The minimum absolute atomic E-state index is 0.0349. The van der Waals surface area contributed by atoms with E-state index in [9.17, 15) is 0 Å². The first kappa shape index (κ1) is 31.1. The molecule has 0 amide bonds. The van der Waals surface area contributed by atoms with Crippen LogP contribution < -0.4 is 4.90 Å². The number of aromatic nitrogens is 1. The van der Waals surface area contributed by atoms with E-state index < -0.39 is 0 Å². The van der Waals surface area contributed by atoms with E-state index in [2.05, 4.69) is 217 Å². The molecule has 1 aliphatic carbocycles. The van der Waals surface area contributed by atoms with Gasteiger partial charge in [-0.25, -0.2) is 0 Å². The number of rotatable bonds is 6. The zero-order chi connectivity index (χ0) is 35.5. The topological polar surface area (TPSA) is 8.17 Å². The zero-order valence-corrected chi connectivity index (χ0v) is 29.9. The monoisotopic (exact) mass is 678 g/mol. The maximum absolute atomic E-state index is 2.40. The van der Waals surface area contributed by atoms with Crippen LogP contribution in [0.25, 0.3) is 60.9 Å². The van der Waals surface area contributed by atoms with Gasteiger partial charge in [-0.1, -0.05) is 141 Å². The second-order valence-electron chi connectivity index (χ2n) is 14.6. The lowest BCUT2D eigenvalue weighted by Crippen LogP contribution is -2.14. The van der Waals surface area contributed by atoms with Gasteiger partial charge in [0.05, 0.1) is 11.0 Å². The van der Waals surface area contributed by atoms with E-state index >= 15 is 0 Å². The SMILES string of the molecule is CC1(C)c2ccccc2-c2ccc(-c3ccc(N(c4ccc(-c5ccccc5)cc4)c4ccc5c(c4)c4ccccc4n5-c4ccccc4)cc3)cc21. The van der Waals surface area contributed by atoms with Crippen molar-refractivity contribution in [1.29, 1.82) is 0 Å². The van der Waals surface area contributed by atoms with Crippen molar-refractivity contribution in [2.75, 3.05) is 4.90 Å². The Bertz CT molecular complexity index is 2770. The Morgan fingerprint density at radius 2 is 0.906 bits per heavy atom. The molecule has 0 atom stereocenters. The molecule has 2 nitrogen and oxygen atoms in total. The van der Waals surface area contributed by atoms with Crippen molar-refractivity contribution in [2.24, 2.45) is 0 Å². The van der Waals surface area contributed by atoms with Crippen molar-refractivity contribution in [3.05, 3.63) is 205 Å². The van der Waals surface area contributed by atoms with Gasteiger partial charge >= 0.3 is 0 Å². The number of anilines is 3. The normalized spacial score (nSPS) is 12.9. The van der Waals surface area contributed by atoms with Gasteiger partial charge in [0.2, 0.25) is 0 Å². The van der Waals surface area contributed by atoms with Gasteiger partial charge in [0.15, 0.2) is 0 Å². The summed E-state index contributed by atoms with van der Waals surface area (Å²) in [6.45, 7) is 4.69. The summed E-state index contributed by atoms with van der Waals surface area (Å²) >= 11 is 0. The second-order valence-corrected chi connectivity index (χ2v) is 14.6. The van der Waals surface area contributed by atoms with E-state index in [0.29, 0.717) is 0 Å². The van der Waals surface area contributed by atoms with Crippen LogP contribution in [0.4, 0.5) is 17.1 Å². The molecule has 53 heavy (non-hydrogen) atoms. The van der Waals surface area contributed by atoms with E-state index in [1.54, 1.807) is 0 Å². The first-order valence-electron chi connectivity index (χ1n) is 18.4. The molecule has 0 N–H and O–H groups in total. The highest BCUT2D eigenvalue weighted by atomic mass is 15.1. The molecular formula is C51H38N2. The Morgan fingerprint density at radius 1 is 0.377 bits per heavy atom. The minimum Gasteiger partial charge on any atom is -0.310 e. The first-order chi connectivity index (χ1) is 26.0. The molecule has 252 valence electrons. The summed E-state index contributed by atoms with van der Waals surface area (Å²) in [5, 5.41) is 2.47. The first-order valence-corrected chi connectivity index (χ1v) is 18.4. The van der Waals surface area contributed by atoms with Crippen LogP contribution >= 0.6 is 0 Å². The average molecular weight is 679 g/mol. The smallest absolute Gasteiger partial charge is 0.0542 e. The predicted molar refractivity (Wildman–Crippen MR) is 224 cm³/mol. The molecule has 0 spiro atoms. The third-order valence-electron chi connectivity index (χ3n) is 11.2. The van der Waals surface area contributed by atoms with Gasteiger partial charge in [-0.2, -0.15) is 0 Å². The maximum atomic E-state index is 2.40. The van der Waals surface area contributed by atoms with Gasteiger partial charge in [0.1, 0.15) is 0 Å². The van der Waals surface area contributed by atoms with Gasteiger partial charge in [0.25, 0.3) is 0 Å². The standard InChI is InChI=1S/C51H38N2/c1-51(2)47-19-11-9-17-43(47)44-31-25-38(33-48(44)51)37-23-28-41(29-24-37)52(40-26-21-36(22-27-40)35-13-5-3-6-14-35)42-30-32-50-46(34-42)45-18-10-12-20-49(45)53(50)39-15-7-4-8-16-39/h3-34H,1-2H3. The lowest BCUT2D eigenvalue weighted by atomic mass is 9.81. The average Bonchev–Trinajstić information content (AvgIpc) is 3.67. The third-order valence-corrected chi connectivity index (χ3v) is 11.2.